The summed E-state index contributed by atoms with van der Waals surface area (Å²) in [6.45, 7) is 0.145. The molecule has 0 radical (unpaired) electrons. The fraction of sp³-hybridized carbons (Fsp3) is 0.458. The minimum Gasteiger partial charge on any atom is -0.364 e. The van der Waals surface area contributed by atoms with E-state index in [4.69, 9.17) is 14.7 Å². The number of aromatic nitrogens is 5. The van der Waals surface area contributed by atoms with Crippen LogP contribution in [0.15, 0.2) is 24.4 Å². The summed E-state index contributed by atoms with van der Waals surface area (Å²) in [4.78, 5) is 46.7. The molecular weight excluding hydrogens is 530 g/mol. The maximum atomic E-state index is 13.3. The number of ether oxygens (including phenoxy) is 1. The summed E-state index contributed by atoms with van der Waals surface area (Å²) in [7, 11) is -4.41. The van der Waals surface area contributed by atoms with E-state index in [1.165, 1.54) is 12.3 Å². The molecule has 6 rings (SSSR count). The molecule has 0 bridgehead atoms. The molecule has 2 atom stereocenters. The molecule has 39 heavy (non-hydrogen) atoms. The van der Waals surface area contributed by atoms with Crippen LogP contribution in [0, 0.1) is 5.95 Å². The number of halogens is 1. The maximum absolute atomic E-state index is 13.3. The van der Waals surface area contributed by atoms with Crippen LogP contribution in [0.2, 0.25) is 0 Å². The Bertz CT molecular complexity index is 1430. The van der Waals surface area contributed by atoms with Gasteiger partial charge in [-0.1, -0.05) is 0 Å². The third-order valence-electron chi connectivity index (χ3n) is 7.08. The smallest absolute Gasteiger partial charge is 0.350 e. The van der Waals surface area contributed by atoms with Crippen LogP contribution in [-0.4, -0.2) is 65.9 Å². The molecular formula is C24H28FN8O5P. The number of nitrogens with one attached hydrogen (secondary N) is 3. The van der Waals surface area contributed by atoms with Gasteiger partial charge in [0.25, 0.3) is 0 Å². The molecule has 3 aliphatic rings. The predicted octanol–water partition coefficient (Wildman–Crippen LogP) is 2.58. The van der Waals surface area contributed by atoms with Crippen LogP contribution in [0.3, 0.4) is 0 Å². The Morgan fingerprint density at radius 1 is 1.26 bits per heavy atom. The Labute approximate surface area is 222 Å². The number of hydrogen-bond donors (Lipinski definition) is 5. The first-order valence-corrected chi connectivity index (χ1v) is 14.6. The van der Waals surface area contributed by atoms with Crippen molar-refractivity contribution in [1.82, 2.24) is 25.1 Å². The summed E-state index contributed by atoms with van der Waals surface area (Å²) in [5, 5.41) is 13.5. The molecule has 2 unspecified atom stereocenters. The van der Waals surface area contributed by atoms with Gasteiger partial charge in [0.05, 0.1) is 23.7 Å². The Balaban J connectivity index is 1.28. The zero-order valence-electron chi connectivity index (χ0n) is 20.9. The molecule has 1 amide bonds. The number of aryl methyl sites for hydroxylation is 1. The second-order valence-corrected chi connectivity index (χ2v) is 11.7. The lowest BCUT2D eigenvalue weighted by Gasteiger charge is -2.25. The van der Waals surface area contributed by atoms with Crippen LogP contribution in [0.25, 0.3) is 0 Å². The first-order chi connectivity index (χ1) is 18.7. The Morgan fingerprint density at radius 2 is 2.10 bits per heavy atom. The van der Waals surface area contributed by atoms with Crippen molar-refractivity contribution in [1.29, 1.82) is 0 Å². The van der Waals surface area contributed by atoms with E-state index < -0.39 is 37.9 Å². The van der Waals surface area contributed by atoms with Gasteiger partial charge in [-0.05, 0) is 44.2 Å². The number of nitrogens with zero attached hydrogens (tertiary/aromatic N) is 5. The van der Waals surface area contributed by atoms with Crippen molar-refractivity contribution >= 4 is 36.8 Å². The van der Waals surface area contributed by atoms with Gasteiger partial charge in [0.1, 0.15) is 18.2 Å². The maximum Gasteiger partial charge on any atom is 0.350 e. The zero-order chi connectivity index (χ0) is 27.1. The molecule has 0 aromatic carbocycles. The summed E-state index contributed by atoms with van der Waals surface area (Å²) < 4.78 is 30.1. The van der Waals surface area contributed by atoms with E-state index in [0.29, 0.717) is 29.2 Å². The largest absolute Gasteiger partial charge is 0.364 e. The normalized spacial score (nSPS) is 20.7. The number of H-pyrrole nitrogens is 1. The van der Waals surface area contributed by atoms with E-state index in [1.54, 1.807) is 4.90 Å². The average Bonchev–Trinajstić information content (AvgIpc) is 3.27. The van der Waals surface area contributed by atoms with E-state index in [-0.39, 0.29) is 13.0 Å². The van der Waals surface area contributed by atoms with Crippen molar-refractivity contribution in [2.45, 2.75) is 56.6 Å². The predicted molar refractivity (Wildman–Crippen MR) is 138 cm³/mol. The van der Waals surface area contributed by atoms with Gasteiger partial charge in [-0.25, -0.2) is 9.97 Å². The molecule has 1 saturated carbocycles. The lowest BCUT2D eigenvalue weighted by molar-refractivity contribution is -0.117. The van der Waals surface area contributed by atoms with Gasteiger partial charge < -0.3 is 30.1 Å². The lowest BCUT2D eigenvalue weighted by Crippen LogP contribution is -2.41. The summed E-state index contributed by atoms with van der Waals surface area (Å²) in [5.74, 6) is 0.987. The second kappa shape index (κ2) is 10.3. The van der Waals surface area contributed by atoms with Gasteiger partial charge in [-0.3, -0.25) is 14.5 Å². The molecule has 1 saturated heterocycles. The van der Waals surface area contributed by atoms with Gasteiger partial charge in [0.15, 0.2) is 5.82 Å². The van der Waals surface area contributed by atoms with Crippen LogP contribution in [-0.2, 0) is 26.9 Å². The monoisotopic (exact) mass is 558 g/mol. The molecule has 4 heterocycles. The van der Waals surface area contributed by atoms with Gasteiger partial charge in [-0.2, -0.15) is 14.5 Å². The standard InChI is InChI=1S/C24H28FN8O5P/c25-20-7-6-14(10-26-20)27-23(34)19-8-15(38-12-39(35,36)37)11-33(19)24-28-17-3-1-2-16(17)22(30-24)29-21-9-18(31-32-21)13-4-5-13/h6-7,9-10,13,15,19H,1-5,8,11-12H2,(H,27,34)(H2,35,36,37)(H2,28,29,30,31,32). The number of carbonyl (C=O) groups is 1. The molecule has 2 aliphatic carbocycles. The second-order valence-electron chi connectivity index (χ2n) is 10.1. The number of amides is 1. The fourth-order valence-electron chi connectivity index (χ4n) is 5.04. The summed E-state index contributed by atoms with van der Waals surface area (Å²) in [5.41, 5.74) is 3.27. The number of hydrogen-bond acceptors (Lipinski definition) is 9. The highest BCUT2D eigenvalue weighted by Crippen LogP contribution is 2.40. The van der Waals surface area contributed by atoms with Crippen molar-refractivity contribution in [2.75, 3.05) is 28.4 Å². The van der Waals surface area contributed by atoms with E-state index in [2.05, 4.69) is 25.8 Å². The van der Waals surface area contributed by atoms with E-state index >= 15 is 0 Å². The number of pyridine rings is 1. The van der Waals surface area contributed by atoms with Crippen molar-refractivity contribution in [3.05, 3.63) is 47.3 Å². The van der Waals surface area contributed by atoms with E-state index in [9.17, 15) is 23.5 Å². The molecule has 15 heteroatoms. The highest BCUT2D eigenvalue weighted by Gasteiger charge is 2.40. The minimum absolute atomic E-state index is 0.145. The van der Waals surface area contributed by atoms with Crippen molar-refractivity contribution in [3.63, 3.8) is 0 Å². The molecule has 0 spiro atoms. The van der Waals surface area contributed by atoms with Crippen molar-refractivity contribution in [3.8, 4) is 0 Å². The highest BCUT2D eigenvalue weighted by molar-refractivity contribution is 7.51. The topological polar surface area (TPSA) is 178 Å². The molecule has 2 fully saturated rings. The number of aromatic amines is 1. The summed E-state index contributed by atoms with van der Waals surface area (Å²) in [6.07, 6.45) is 4.73. The van der Waals surface area contributed by atoms with Crippen LogP contribution in [0.5, 0.6) is 0 Å². The van der Waals surface area contributed by atoms with E-state index in [0.717, 1.165) is 55.1 Å². The lowest BCUT2D eigenvalue weighted by atomic mass is 10.2. The van der Waals surface area contributed by atoms with Gasteiger partial charge in [0.2, 0.25) is 17.8 Å². The SMILES string of the molecule is O=C(Nc1ccc(F)nc1)C1CC(OCP(=O)(O)O)CN1c1nc2c(c(Nc3cc(C4CC4)[nH]n3)n1)CCC2. The van der Waals surface area contributed by atoms with Crippen molar-refractivity contribution < 1.29 is 28.3 Å². The number of carbonyl (C=O) groups excluding carboxylic acids is 1. The quantitative estimate of drug-likeness (QED) is 0.193. The number of fused-ring (bicyclic) bond motifs is 1. The zero-order valence-corrected chi connectivity index (χ0v) is 21.8. The van der Waals surface area contributed by atoms with Gasteiger partial charge >= 0.3 is 7.60 Å². The molecule has 3 aromatic rings. The highest BCUT2D eigenvalue weighted by atomic mass is 31.2. The van der Waals surface area contributed by atoms with Gasteiger partial charge in [0, 0.05) is 36.2 Å². The molecule has 5 N–H and O–H groups in total. The molecule has 1 aliphatic heterocycles. The fourth-order valence-corrected chi connectivity index (χ4v) is 5.45. The van der Waals surface area contributed by atoms with Gasteiger partial charge in [-0.15, -0.1) is 0 Å². The summed E-state index contributed by atoms with van der Waals surface area (Å²) >= 11 is 0. The Hall–Kier alpha value is -3.45. The summed E-state index contributed by atoms with van der Waals surface area (Å²) in [6, 6.07) is 3.71. The first-order valence-electron chi connectivity index (χ1n) is 12.8. The minimum atomic E-state index is -4.41. The van der Waals surface area contributed by atoms with Crippen LogP contribution >= 0.6 is 7.60 Å². The third kappa shape index (κ3) is 5.93. The molecule has 13 nitrogen and oxygen atoms in total. The van der Waals surface area contributed by atoms with E-state index in [1.807, 2.05) is 6.07 Å². The Morgan fingerprint density at radius 3 is 2.85 bits per heavy atom. The first kappa shape index (κ1) is 25.8. The average molecular weight is 559 g/mol. The number of rotatable bonds is 9. The Kier molecular flexibility index (Phi) is 6.79. The third-order valence-corrected chi connectivity index (χ3v) is 7.56. The van der Waals surface area contributed by atoms with Crippen LogP contribution < -0.4 is 15.5 Å². The van der Waals surface area contributed by atoms with Crippen LogP contribution in [0.1, 0.15) is 48.6 Å². The molecule has 206 valence electrons. The van der Waals surface area contributed by atoms with Crippen molar-refractivity contribution in [2.24, 2.45) is 0 Å². The number of anilines is 4. The molecule has 3 aromatic heterocycles. The van der Waals surface area contributed by atoms with Crippen LogP contribution in [0.4, 0.5) is 27.7 Å².